The molecule has 1 unspecified atom stereocenters. The van der Waals surface area contributed by atoms with Crippen molar-refractivity contribution in [3.8, 4) is 5.75 Å². The third kappa shape index (κ3) is 4.85. The molecular formula is C19H26N2O6. The van der Waals surface area contributed by atoms with Crippen molar-refractivity contribution in [2.24, 2.45) is 0 Å². The number of rotatable bonds is 7. The number of fused-ring (bicyclic) bond motifs is 1. The van der Waals surface area contributed by atoms with Gasteiger partial charge in [0.2, 0.25) is 5.43 Å². The quantitative estimate of drug-likeness (QED) is 0.727. The van der Waals surface area contributed by atoms with E-state index in [2.05, 4.69) is 17.9 Å². The van der Waals surface area contributed by atoms with E-state index < -0.39 is 22.9 Å². The highest BCUT2D eigenvalue weighted by atomic mass is 16.5. The van der Waals surface area contributed by atoms with E-state index >= 15 is 0 Å². The van der Waals surface area contributed by atoms with E-state index in [-0.39, 0.29) is 17.5 Å². The van der Waals surface area contributed by atoms with Gasteiger partial charge in [-0.3, -0.25) is 9.59 Å². The molecule has 8 heteroatoms. The van der Waals surface area contributed by atoms with E-state index in [9.17, 15) is 14.4 Å². The van der Waals surface area contributed by atoms with Gasteiger partial charge in [0.25, 0.3) is 5.91 Å². The lowest BCUT2D eigenvalue weighted by Crippen LogP contribution is -2.49. The molecule has 8 nitrogen and oxygen atoms in total. The van der Waals surface area contributed by atoms with Gasteiger partial charge in [-0.05, 0) is 13.3 Å². The first-order valence-electron chi connectivity index (χ1n) is 8.44. The average Bonchev–Trinajstić information content (AvgIpc) is 2.65. The summed E-state index contributed by atoms with van der Waals surface area (Å²) < 4.78 is 11.0. The molecule has 0 fully saturated rings. The lowest BCUT2D eigenvalue weighted by atomic mass is 10.1. The van der Waals surface area contributed by atoms with Crippen LogP contribution in [0.4, 0.5) is 0 Å². The Bertz CT molecular complexity index is 766. The number of methoxy groups -OCH3 is 2. The van der Waals surface area contributed by atoms with Crippen molar-refractivity contribution >= 4 is 11.9 Å². The third-order valence-corrected chi connectivity index (χ3v) is 4.04. The molecule has 1 amide bonds. The van der Waals surface area contributed by atoms with Crippen molar-refractivity contribution in [3.05, 3.63) is 53.0 Å². The Labute approximate surface area is 158 Å². The summed E-state index contributed by atoms with van der Waals surface area (Å²) in [5.41, 5.74) is -1.17. The van der Waals surface area contributed by atoms with Crippen LogP contribution in [-0.4, -0.2) is 59.9 Å². The van der Waals surface area contributed by atoms with Crippen LogP contribution < -0.4 is 10.2 Å². The molecular weight excluding hydrogens is 352 g/mol. The number of hydrogen-bond acceptors (Lipinski definition) is 5. The molecule has 1 aliphatic heterocycles. The highest BCUT2D eigenvalue weighted by Crippen LogP contribution is 2.25. The van der Waals surface area contributed by atoms with Crippen molar-refractivity contribution in [1.82, 2.24) is 9.47 Å². The molecule has 2 rings (SSSR count). The van der Waals surface area contributed by atoms with E-state index in [4.69, 9.17) is 9.84 Å². The van der Waals surface area contributed by atoms with Crippen molar-refractivity contribution in [2.45, 2.75) is 25.9 Å². The summed E-state index contributed by atoms with van der Waals surface area (Å²) in [6.07, 6.45) is 5.02. The number of ether oxygens (including phenoxy) is 2. The number of carboxylic acids is 1. The van der Waals surface area contributed by atoms with Crippen molar-refractivity contribution in [2.75, 3.05) is 27.4 Å². The molecule has 0 saturated carbocycles. The number of carbonyl (C=O) groups excluding carboxylic acids is 1. The number of pyridine rings is 1. The molecule has 27 heavy (non-hydrogen) atoms. The first kappa shape index (κ1) is 22.2. The van der Waals surface area contributed by atoms with Gasteiger partial charge in [-0.25, -0.2) is 4.79 Å². The van der Waals surface area contributed by atoms with Gasteiger partial charge in [-0.15, -0.1) is 13.2 Å². The molecule has 1 aromatic rings. The van der Waals surface area contributed by atoms with Gasteiger partial charge in [0.1, 0.15) is 5.56 Å². The second-order valence-corrected chi connectivity index (χ2v) is 5.71. The Morgan fingerprint density at radius 3 is 2.41 bits per heavy atom. The summed E-state index contributed by atoms with van der Waals surface area (Å²) in [4.78, 5) is 37.8. The molecule has 1 N–H and O–H groups in total. The summed E-state index contributed by atoms with van der Waals surface area (Å²) in [5, 5.41) is 9.16. The first-order valence-corrected chi connectivity index (χ1v) is 8.44. The Balaban J connectivity index is 0.000000828. The van der Waals surface area contributed by atoms with E-state index in [1.165, 1.54) is 17.9 Å². The number of aromatic carboxylic acids is 1. The molecule has 0 spiro atoms. The van der Waals surface area contributed by atoms with Crippen LogP contribution in [0.5, 0.6) is 5.75 Å². The Hall–Kier alpha value is -2.87. The van der Waals surface area contributed by atoms with Crippen LogP contribution in [0.3, 0.4) is 0 Å². The Morgan fingerprint density at radius 1 is 1.33 bits per heavy atom. The third-order valence-electron chi connectivity index (χ3n) is 4.04. The van der Waals surface area contributed by atoms with Gasteiger partial charge < -0.3 is 24.0 Å². The van der Waals surface area contributed by atoms with Crippen LogP contribution in [0, 0.1) is 0 Å². The Morgan fingerprint density at radius 2 is 1.96 bits per heavy atom. The second-order valence-electron chi connectivity index (χ2n) is 5.71. The normalized spacial score (nSPS) is 15.3. The zero-order chi connectivity index (χ0) is 20.6. The highest BCUT2D eigenvalue weighted by Gasteiger charge is 2.35. The lowest BCUT2D eigenvalue weighted by Gasteiger charge is -2.37. The van der Waals surface area contributed by atoms with Crippen LogP contribution in [0.25, 0.3) is 0 Å². The second kappa shape index (κ2) is 10.3. The molecule has 1 atom stereocenters. The topological polar surface area (TPSA) is 98.1 Å². The summed E-state index contributed by atoms with van der Waals surface area (Å²) in [6.45, 7) is 10.8. The minimum atomic E-state index is -1.36. The van der Waals surface area contributed by atoms with Gasteiger partial charge in [-0.1, -0.05) is 12.2 Å². The maximum absolute atomic E-state index is 12.8. The van der Waals surface area contributed by atoms with Crippen LogP contribution in [0.2, 0.25) is 0 Å². The fourth-order valence-corrected chi connectivity index (χ4v) is 2.74. The largest absolute Gasteiger partial charge is 0.491 e. The molecule has 148 valence electrons. The zero-order valence-electron chi connectivity index (χ0n) is 15.9. The molecule has 1 aliphatic rings. The number of nitrogens with zero attached hydrogens (tertiary/aromatic N) is 2. The van der Waals surface area contributed by atoms with Crippen LogP contribution >= 0.6 is 0 Å². The van der Waals surface area contributed by atoms with E-state index in [1.807, 2.05) is 6.92 Å². The summed E-state index contributed by atoms with van der Waals surface area (Å²) >= 11 is 0. The monoisotopic (exact) mass is 378 g/mol. The van der Waals surface area contributed by atoms with Gasteiger partial charge in [0.05, 0.1) is 13.2 Å². The summed E-state index contributed by atoms with van der Waals surface area (Å²) in [5.74, 6) is -2.00. The minimum absolute atomic E-state index is 0.0599. The Kier molecular flexibility index (Phi) is 8.47. The summed E-state index contributed by atoms with van der Waals surface area (Å²) in [7, 11) is 2.92. The summed E-state index contributed by atoms with van der Waals surface area (Å²) in [6, 6.07) is -0.195. The maximum Gasteiger partial charge on any atom is 0.341 e. The number of carboxylic acid groups (broad SMARTS) is 1. The van der Waals surface area contributed by atoms with E-state index in [0.29, 0.717) is 19.5 Å². The highest BCUT2D eigenvalue weighted by molar-refractivity contribution is 5.98. The van der Waals surface area contributed by atoms with Gasteiger partial charge in [0, 0.05) is 33.0 Å². The first-order chi connectivity index (χ1) is 12.9. The fourth-order valence-electron chi connectivity index (χ4n) is 2.74. The van der Waals surface area contributed by atoms with E-state index in [0.717, 1.165) is 6.61 Å². The molecule has 0 bridgehead atoms. The predicted molar refractivity (Wildman–Crippen MR) is 102 cm³/mol. The lowest BCUT2D eigenvalue weighted by molar-refractivity contribution is 0.0607. The molecule has 0 aliphatic carbocycles. The van der Waals surface area contributed by atoms with Crippen LogP contribution in [-0.2, 0) is 11.3 Å². The van der Waals surface area contributed by atoms with Gasteiger partial charge in [-0.2, -0.15) is 0 Å². The molecule has 2 heterocycles. The van der Waals surface area contributed by atoms with Crippen LogP contribution in [0.15, 0.2) is 36.3 Å². The smallest absolute Gasteiger partial charge is 0.341 e. The van der Waals surface area contributed by atoms with E-state index in [1.54, 1.807) is 24.2 Å². The van der Waals surface area contributed by atoms with Crippen molar-refractivity contribution < 1.29 is 24.2 Å². The SMILES string of the molecule is C=CCC1Cn2cc(C(=O)O)c(=O)c(OC)c2C(=O)N1CC=C.CCOC. The number of aromatic nitrogens is 1. The average molecular weight is 378 g/mol. The molecule has 1 aromatic heterocycles. The van der Waals surface area contributed by atoms with Gasteiger partial charge in [0.15, 0.2) is 11.4 Å². The number of carbonyl (C=O) groups is 2. The van der Waals surface area contributed by atoms with Crippen molar-refractivity contribution in [1.29, 1.82) is 0 Å². The standard InChI is InChI=1S/C16H18N2O5.C3H8O/c1-4-6-10-8-17-9-11(16(21)22)13(19)14(23-3)12(17)15(20)18(10)7-5-2;1-3-4-2/h4-5,9-10H,1-2,6-8H2,3H3,(H,21,22);3H2,1-2H3. The number of hydrogen-bond donors (Lipinski definition) is 1. The molecule has 0 saturated heterocycles. The van der Waals surface area contributed by atoms with Gasteiger partial charge >= 0.3 is 5.97 Å². The maximum atomic E-state index is 12.8. The minimum Gasteiger partial charge on any atom is -0.491 e. The predicted octanol–water partition coefficient (Wildman–Crippen LogP) is 1.79. The molecule has 0 aromatic carbocycles. The molecule has 0 radical (unpaired) electrons. The van der Waals surface area contributed by atoms with Crippen molar-refractivity contribution in [3.63, 3.8) is 0 Å². The number of amides is 1. The zero-order valence-corrected chi connectivity index (χ0v) is 15.9. The van der Waals surface area contributed by atoms with Crippen LogP contribution in [0.1, 0.15) is 34.2 Å². The fraction of sp³-hybridized carbons (Fsp3) is 0.421.